The summed E-state index contributed by atoms with van der Waals surface area (Å²) in [4.78, 5) is 2.53. The monoisotopic (exact) mass is 179 g/mol. The van der Waals surface area contributed by atoms with E-state index in [0.717, 1.165) is 11.8 Å². The summed E-state index contributed by atoms with van der Waals surface area (Å²) in [5.74, 6) is 1.78. The van der Waals surface area contributed by atoms with Crippen LogP contribution in [0.15, 0.2) is 12.3 Å². The zero-order valence-corrected chi connectivity index (χ0v) is 8.76. The molecule has 0 radical (unpaired) electrons. The quantitative estimate of drug-likeness (QED) is 0.630. The van der Waals surface area contributed by atoms with Crippen LogP contribution < -0.4 is 0 Å². The van der Waals surface area contributed by atoms with E-state index in [1.54, 1.807) is 0 Å². The van der Waals surface area contributed by atoms with Gasteiger partial charge in [-0.05, 0) is 37.5 Å². The van der Waals surface area contributed by atoms with Crippen LogP contribution in [0.25, 0.3) is 0 Å². The van der Waals surface area contributed by atoms with E-state index in [1.165, 1.54) is 50.9 Å². The zero-order chi connectivity index (χ0) is 9.26. The SMILES string of the molecule is C=C(C1CCC1)N1CCC(C)CC1. The minimum absolute atomic E-state index is 0.841. The Labute approximate surface area is 81.8 Å². The molecule has 1 saturated heterocycles. The molecule has 0 aromatic rings. The second kappa shape index (κ2) is 3.73. The van der Waals surface area contributed by atoms with Crippen molar-refractivity contribution in [2.24, 2.45) is 11.8 Å². The van der Waals surface area contributed by atoms with E-state index in [1.807, 2.05) is 0 Å². The van der Waals surface area contributed by atoms with Crippen molar-refractivity contribution in [3.63, 3.8) is 0 Å². The molecule has 1 heteroatoms. The van der Waals surface area contributed by atoms with Crippen LogP contribution in [0.3, 0.4) is 0 Å². The fourth-order valence-electron chi connectivity index (χ4n) is 2.30. The highest BCUT2D eigenvalue weighted by Gasteiger charge is 2.26. The highest BCUT2D eigenvalue weighted by atomic mass is 15.1. The van der Waals surface area contributed by atoms with Gasteiger partial charge in [0.15, 0.2) is 0 Å². The van der Waals surface area contributed by atoms with E-state index < -0.39 is 0 Å². The van der Waals surface area contributed by atoms with Gasteiger partial charge in [0, 0.05) is 18.8 Å². The first-order chi connectivity index (χ1) is 6.27. The van der Waals surface area contributed by atoms with Crippen molar-refractivity contribution in [1.29, 1.82) is 0 Å². The van der Waals surface area contributed by atoms with Crippen molar-refractivity contribution in [3.8, 4) is 0 Å². The topological polar surface area (TPSA) is 3.24 Å². The summed E-state index contributed by atoms with van der Waals surface area (Å²) >= 11 is 0. The number of piperidine rings is 1. The lowest BCUT2D eigenvalue weighted by Gasteiger charge is -2.39. The first kappa shape index (κ1) is 9.11. The Morgan fingerprint density at radius 1 is 1.15 bits per heavy atom. The predicted molar refractivity (Wildman–Crippen MR) is 56.5 cm³/mol. The minimum atomic E-state index is 0.841. The third-order valence-corrected chi connectivity index (χ3v) is 3.77. The summed E-state index contributed by atoms with van der Waals surface area (Å²) in [7, 11) is 0. The Hall–Kier alpha value is -0.460. The molecule has 1 aliphatic carbocycles. The van der Waals surface area contributed by atoms with Gasteiger partial charge in [0.2, 0.25) is 0 Å². The maximum absolute atomic E-state index is 4.25. The molecule has 1 aliphatic heterocycles. The molecule has 74 valence electrons. The lowest BCUT2D eigenvalue weighted by atomic mass is 9.82. The van der Waals surface area contributed by atoms with Crippen molar-refractivity contribution in [1.82, 2.24) is 4.90 Å². The van der Waals surface area contributed by atoms with E-state index >= 15 is 0 Å². The van der Waals surface area contributed by atoms with Crippen molar-refractivity contribution < 1.29 is 0 Å². The third-order valence-electron chi connectivity index (χ3n) is 3.77. The molecular weight excluding hydrogens is 158 g/mol. The summed E-state index contributed by atoms with van der Waals surface area (Å²) in [5.41, 5.74) is 1.44. The average molecular weight is 179 g/mol. The van der Waals surface area contributed by atoms with Crippen LogP contribution in [0.4, 0.5) is 0 Å². The molecule has 0 amide bonds. The summed E-state index contributed by atoms with van der Waals surface area (Å²) in [6.07, 6.45) is 6.95. The largest absolute Gasteiger partial charge is 0.375 e. The van der Waals surface area contributed by atoms with Gasteiger partial charge in [0.1, 0.15) is 0 Å². The Morgan fingerprint density at radius 3 is 2.23 bits per heavy atom. The highest BCUT2D eigenvalue weighted by Crippen LogP contribution is 2.35. The molecule has 0 aromatic carbocycles. The number of hydrogen-bond acceptors (Lipinski definition) is 1. The smallest absolute Gasteiger partial charge is 0.0177 e. The Kier molecular flexibility index (Phi) is 2.61. The van der Waals surface area contributed by atoms with Crippen molar-refractivity contribution in [3.05, 3.63) is 12.3 Å². The van der Waals surface area contributed by atoms with Crippen LogP contribution >= 0.6 is 0 Å². The van der Waals surface area contributed by atoms with Crippen molar-refractivity contribution in [2.75, 3.05) is 13.1 Å². The molecule has 1 heterocycles. The van der Waals surface area contributed by atoms with Gasteiger partial charge < -0.3 is 4.90 Å². The first-order valence-electron chi connectivity index (χ1n) is 5.71. The highest BCUT2D eigenvalue weighted by molar-refractivity contribution is 5.04. The summed E-state index contributed by atoms with van der Waals surface area (Å²) in [5, 5.41) is 0. The molecule has 1 saturated carbocycles. The fraction of sp³-hybridized carbons (Fsp3) is 0.833. The molecule has 2 aliphatic rings. The van der Waals surface area contributed by atoms with E-state index in [4.69, 9.17) is 0 Å². The number of nitrogens with zero attached hydrogens (tertiary/aromatic N) is 1. The standard InChI is InChI=1S/C12H21N/c1-10-6-8-13(9-7-10)11(2)12-4-3-5-12/h10,12H,2-9H2,1H3. The van der Waals surface area contributed by atoms with Crippen LogP contribution in [0.2, 0.25) is 0 Å². The van der Waals surface area contributed by atoms with E-state index in [0.29, 0.717) is 0 Å². The van der Waals surface area contributed by atoms with E-state index in [-0.39, 0.29) is 0 Å². The second-order valence-corrected chi connectivity index (χ2v) is 4.79. The van der Waals surface area contributed by atoms with Gasteiger partial charge in [-0.15, -0.1) is 0 Å². The minimum Gasteiger partial charge on any atom is -0.375 e. The number of likely N-dealkylation sites (tertiary alicyclic amines) is 1. The van der Waals surface area contributed by atoms with Crippen LogP contribution in [-0.4, -0.2) is 18.0 Å². The van der Waals surface area contributed by atoms with Gasteiger partial charge in [0.05, 0.1) is 0 Å². The maximum atomic E-state index is 4.25. The van der Waals surface area contributed by atoms with Crippen LogP contribution in [-0.2, 0) is 0 Å². The van der Waals surface area contributed by atoms with Crippen LogP contribution in [0, 0.1) is 11.8 Å². The Bertz CT molecular complexity index is 185. The maximum Gasteiger partial charge on any atom is 0.0177 e. The van der Waals surface area contributed by atoms with Crippen molar-refractivity contribution in [2.45, 2.75) is 39.0 Å². The Morgan fingerprint density at radius 2 is 1.77 bits per heavy atom. The molecule has 2 rings (SSSR count). The van der Waals surface area contributed by atoms with Gasteiger partial charge in [-0.25, -0.2) is 0 Å². The summed E-state index contributed by atoms with van der Waals surface area (Å²) < 4.78 is 0. The van der Waals surface area contributed by atoms with Gasteiger partial charge >= 0.3 is 0 Å². The van der Waals surface area contributed by atoms with E-state index in [2.05, 4.69) is 18.4 Å². The summed E-state index contributed by atoms with van der Waals surface area (Å²) in [6, 6.07) is 0. The molecule has 0 spiro atoms. The number of hydrogen-bond donors (Lipinski definition) is 0. The molecule has 13 heavy (non-hydrogen) atoms. The molecule has 0 unspecified atom stereocenters. The van der Waals surface area contributed by atoms with Gasteiger partial charge in [-0.3, -0.25) is 0 Å². The molecule has 2 fully saturated rings. The first-order valence-corrected chi connectivity index (χ1v) is 5.71. The normalized spacial score (nSPS) is 25.8. The van der Waals surface area contributed by atoms with Crippen LogP contribution in [0.5, 0.6) is 0 Å². The van der Waals surface area contributed by atoms with Gasteiger partial charge in [-0.1, -0.05) is 19.9 Å². The molecule has 0 bridgehead atoms. The third kappa shape index (κ3) is 1.90. The molecule has 0 atom stereocenters. The summed E-state index contributed by atoms with van der Waals surface area (Å²) in [6.45, 7) is 9.14. The number of allylic oxidation sites excluding steroid dienone is 1. The molecule has 1 nitrogen and oxygen atoms in total. The number of rotatable bonds is 2. The molecular formula is C12H21N. The lowest BCUT2D eigenvalue weighted by molar-refractivity contribution is 0.191. The second-order valence-electron chi connectivity index (χ2n) is 4.79. The average Bonchev–Trinajstić information content (AvgIpc) is 2.02. The fourth-order valence-corrected chi connectivity index (χ4v) is 2.30. The molecule has 0 N–H and O–H groups in total. The van der Waals surface area contributed by atoms with E-state index in [9.17, 15) is 0 Å². The van der Waals surface area contributed by atoms with Crippen molar-refractivity contribution >= 4 is 0 Å². The van der Waals surface area contributed by atoms with Crippen LogP contribution in [0.1, 0.15) is 39.0 Å². The van der Waals surface area contributed by atoms with Gasteiger partial charge in [-0.2, -0.15) is 0 Å². The van der Waals surface area contributed by atoms with Gasteiger partial charge in [0.25, 0.3) is 0 Å². The Balaban J connectivity index is 1.83. The lowest BCUT2D eigenvalue weighted by Crippen LogP contribution is -2.35. The molecule has 0 aromatic heterocycles. The predicted octanol–water partition coefficient (Wildman–Crippen LogP) is 3.03. The zero-order valence-electron chi connectivity index (χ0n) is 8.76.